The van der Waals surface area contributed by atoms with Crippen molar-refractivity contribution in [2.75, 3.05) is 27.7 Å². The van der Waals surface area contributed by atoms with Crippen molar-refractivity contribution in [1.29, 1.82) is 0 Å². The summed E-state index contributed by atoms with van der Waals surface area (Å²) in [7, 11) is 5.89. The fourth-order valence-electron chi connectivity index (χ4n) is 2.83. The number of hydrogen-bond donors (Lipinski definition) is 1. The molecule has 2 rings (SSSR count). The van der Waals surface area contributed by atoms with Gasteiger partial charge in [-0.2, -0.15) is 0 Å². The Labute approximate surface area is 131 Å². The molecule has 0 aliphatic rings. The minimum Gasteiger partial charge on any atom is -0.497 e. The number of hydrogen-bond acceptors (Lipinski definition) is 3. The lowest BCUT2D eigenvalue weighted by molar-refractivity contribution is 0.291. The average Bonchev–Trinajstić information content (AvgIpc) is 2.71. The Morgan fingerprint density at radius 3 is 2.62 bits per heavy atom. The Morgan fingerprint density at radius 2 is 2.05 bits per heavy atom. The van der Waals surface area contributed by atoms with Crippen molar-refractivity contribution in [3.05, 3.63) is 23.0 Å². The van der Waals surface area contributed by atoms with Crippen LogP contribution in [0.3, 0.4) is 0 Å². The minimum absolute atomic E-state index is 0.370. The normalized spacial score (nSPS) is 13.3. The number of rotatable bonds is 6. The second-order valence-electron chi connectivity index (χ2n) is 6.23. The summed E-state index contributed by atoms with van der Waals surface area (Å²) in [5, 5.41) is 0. The van der Waals surface area contributed by atoms with Gasteiger partial charge in [0.2, 0.25) is 0 Å². The van der Waals surface area contributed by atoms with Crippen LogP contribution in [0.2, 0.25) is 0 Å². The Bertz CT molecular complexity index is 647. The van der Waals surface area contributed by atoms with Crippen LogP contribution in [-0.4, -0.2) is 42.2 Å². The Balaban J connectivity index is 2.50. The number of benzene rings is 1. The summed E-state index contributed by atoms with van der Waals surface area (Å²) in [5.41, 5.74) is 2.18. The number of ether oxygens (including phenoxy) is 1. The maximum absolute atomic E-state index is 5.56. The van der Waals surface area contributed by atoms with Crippen molar-refractivity contribution >= 4 is 23.3 Å². The highest BCUT2D eigenvalue weighted by Gasteiger charge is 2.18. The molecule has 0 bridgehead atoms. The molecule has 4 nitrogen and oxygen atoms in total. The SMILES string of the molecule is COc1ccc2c(c1)[nH]c(=S)n2C(CC(C)C)CN(C)C. The maximum Gasteiger partial charge on any atom is 0.178 e. The van der Waals surface area contributed by atoms with Crippen LogP contribution in [0.15, 0.2) is 18.2 Å². The van der Waals surface area contributed by atoms with E-state index < -0.39 is 0 Å². The lowest BCUT2D eigenvalue weighted by Crippen LogP contribution is -2.25. The van der Waals surface area contributed by atoms with Crippen LogP contribution in [0.4, 0.5) is 0 Å². The molecule has 0 spiro atoms. The number of fused-ring (bicyclic) bond motifs is 1. The van der Waals surface area contributed by atoms with Crippen molar-refractivity contribution in [3.8, 4) is 5.75 Å². The maximum atomic E-state index is 5.56. The fourth-order valence-corrected chi connectivity index (χ4v) is 3.18. The first kappa shape index (κ1) is 16.0. The van der Waals surface area contributed by atoms with E-state index in [1.54, 1.807) is 7.11 Å². The van der Waals surface area contributed by atoms with Crippen LogP contribution < -0.4 is 4.74 Å². The molecule has 1 heterocycles. The lowest BCUT2D eigenvalue weighted by Gasteiger charge is -2.25. The van der Waals surface area contributed by atoms with E-state index in [0.717, 1.165) is 34.5 Å². The molecule has 0 saturated carbocycles. The summed E-state index contributed by atoms with van der Waals surface area (Å²) < 4.78 is 8.33. The minimum atomic E-state index is 0.370. The summed E-state index contributed by atoms with van der Waals surface area (Å²) in [5.74, 6) is 1.47. The summed E-state index contributed by atoms with van der Waals surface area (Å²) in [6.45, 7) is 5.49. The molecule has 1 atom stereocenters. The van der Waals surface area contributed by atoms with Crippen LogP contribution >= 0.6 is 12.2 Å². The van der Waals surface area contributed by atoms with Gasteiger partial charge < -0.3 is 19.2 Å². The smallest absolute Gasteiger partial charge is 0.178 e. The van der Waals surface area contributed by atoms with Crippen molar-refractivity contribution in [1.82, 2.24) is 14.5 Å². The molecule has 1 aromatic carbocycles. The average molecular weight is 307 g/mol. The van der Waals surface area contributed by atoms with Gasteiger partial charge in [-0.25, -0.2) is 0 Å². The first-order valence-corrected chi connectivity index (χ1v) is 7.76. The lowest BCUT2D eigenvalue weighted by atomic mass is 10.0. The van der Waals surface area contributed by atoms with E-state index in [0.29, 0.717) is 12.0 Å². The first-order chi connectivity index (χ1) is 9.92. The molecule has 116 valence electrons. The van der Waals surface area contributed by atoms with Crippen LogP contribution in [-0.2, 0) is 0 Å². The van der Waals surface area contributed by atoms with Gasteiger partial charge in [-0.3, -0.25) is 0 Å². The third-order valence-corrected chi connectivity index (χ3v) is 3.91. The molecule has 2 aromatic rings. The van der Waals surface area contributed by atoms with E-state index in [-0.39, 0.29) is 0 Å². The van der Waals surface area contributed by atoms with Crippen molar-refractivity contribution in [3.63, 3.8) is 0 Å². The summed E-state index contributed by atoms with van der Waals surface area (Å²) in [6.07, 6.45) is 1.10. The second kappa shape index (κ2) is 6.62. The molecule has 0 amide bonds. The summed E-state index contributed by atoms with van der Waals surface area (Å²) >= 11 is 5.56. The molecule has 0 saturated heterocycles. The molecule has 0 fully saturated rings. The largest absolute Gasteiger partial charge is 0.497 e. The predicted octanol–water partition coefficient (Wildman–Crippen LogP) is 3.86. The molecular weight excluding hydrogens is 282 g/mol. The van der Waals surface area contributed by atoms with E-state index in [1.165, 1.54) is 0 Å². The summed E-state index contributed by atoms with van der Waals surface area (Å²) in [4.78, 5) is 5.53. The van der Waals surface area contributed by atoms with Gasteiger partial charge in [-0.15, -0.1) is 0 Å². The fraction of sp³-hybridized carbons (Fsp3) is 0.562. The molecule has 0 aliphatic carbocycles. The number of aromatic amines is 1. The van der Waals surface area contributed by atoms with Crippen LogP contribution in [0, 0.1) is 10.7 Å². The van der Waals surface area contributed by atoms with Crippen molar-refractivity contribution in [2.45, 2.75) is 26.3 Å². The van der Waals surface area contributed by atoms with E-state index in [1.807, 2.05) is 12.1 Å². The number of imidazole rings is 1. The standard InChI is InChI=1S/C16H25N3OS/c1-11(2)8-12(10-18(3)4)19-15-7-6-13(20-5)9-14(15)17-16(19)21/h6-7,9,11-12H,8,10H2,1-5H3,(H,17,21). The number of nitrogens with zero attached hydrogens (tertiary/aromatic N) is 2. The van der Waals surface area contributed by atoms with E-state index >= 15 is 0 Å². The van der Waals surface area contributed by atoms with Crippen molar-refractivity contribution in [2.24, 2.45) is 5.92 Å². The zero-order chi connectivity index (χ0) is 15.6. The Hall–Kier alpha value is -1.33. The van der Waals surface area contributed by atoms with Gasteiger partial charge in [-0.05, 0) is 50.8 Å². The zero-order valence-electron chi connectivity index (χ0n) is 13.5. The highest BCUT2D eigenvalue weighted by Crippen LogP contribution is 2.27. The molecule has 0 aliphatic heterocycles. The molecular formula is C16H25N3OS. The Kier molecular flexibility index (Phi) is 5.06. The third-order valence-electron chi connectivity index (χ3n) is 3.61. The predicted molar refractivity (Wildman–Crippen MR) is 90.7 cm³/mol. The highest BCUT2D eigenvalue weighted by molar-refractivity contribution is 7.71. The van der Waals surface area contributed by atoms with Crippen molar-refractivity contribution < 1.29 is 4.74 Å². The molecule has 1 aromatic heterocycles. The van der Waals surface area contributed by atoms with E-state index in [2.05, 4.69) is 48.5 Å². The van der Waals surface area contributed by atoms with Gasteiger partial charge in [0.15, 0.2) is 4.77 Å². The van der Waals surface area contributed by atoms with Gasteiger partial charge in [0.25, 0.3) is 0 Å². The van der Waals surface area contributed by atoms with Gasteiger partial charge in [0.05, 0.1) is 18.1 Å². The van der Waals surface area contributed by atoms with Gasteiger partial charge in [-0.1, -0.05) is 13.8 Å². The molecule has 1 unspecified atom stereocenters. The topological polar surface area (TPSA) is 33.2 Å². The highest BCUT2D eigenvalue weighted by atomic mass is 32.1. The third kappa shape index (κ3) is 3.66. The number of H-pyrrole nitrogens is 1. The first-order valence-electron chi connectivity index (χ1n) is 7.35. The summed E-state index contributed by atoms with van der Waals surface area (Å²) in [6, 6.07) is 6.45. The molecule has 0 radical (unpaired) electrons. The number of nitrogens with one attached hydrogen (secondary N) is 1. The van der Waals surface area contributed by atoms with Gasteiger partial charge in [0, 0.05) is 18.7 Å². The quantitative estimate of drug-likeness (QED) is 0.823. The molecule has 5 heteroatoms. The second-order valence-corrected chi connectivity index (χ2v) is 6.62. The molecule has 1 N–H and O–H groups in total. The van der Waals surface area contributed by atoms with Crippen LogP contribution in [0.1, 0.15) is 26.3 Å². The number of aromatic nitrogens is 2. The van der Waals surface area contributed by atoms with E-state index in [4.69, 9.17) is 17.0 Å². The van der Waals surface area contributed by atoms with Crippen LogP contribution in [0.5, 0.6) is 5.75 Å². The number of methoxy groups -OCH3 is 1. The van der Waals surface area contributed by atoms with Gasteiger partial charge >= 0.3 is 0 Å². The molecule has 21 heavy (non-hydrogen) atoms. The number of likely N-dealkylation sites (N-methyl/N-ethyl adjacent to an activating group) is 1. The van der Waals surface area contributed by atoms with Gasteiger partial charge in [0.1, 0.15) is 5.75 Å². The van der Waals surface area contributed by atoms with E-state index in [9.17, 15) is 0 Å². The monoisotopic (exact) mass is 307 g/mol. The zero-order valence-corrected chi connectivity index (χ0v) is 14.3. The Morgan fingerprint density at radius 1 is 1.33 bits per heavy atom. The van der Waals surface area contributed by atoms with Crippen LogP contribution in [0.25, 0.3) is 11.0 Å².